The van der Waals surface area contributed by atoms with Crippen LogP contribution in [0.2, 0.25) is 0 Å². The molecule has 0 aromatic heterocycles. The summed E-state index contributed by atoms with van der Waals surface area (Å²) in [5.74, 6) is -5.62. The van der Waals surface area contributed by atoms with E-state index in [-0.39, 0.29) is 5.75 Å². The van der Waals surface area contributed by atoms with Gasteiger partial charge >= 0.3 is 23.9 Å². The first-order chi connectivity index (χ1) is 12.0. The van der Waals surface area contributed by atoms with Crippen LogP contribution in [-0.4, -0.2) is 68.9 Å². The third-order valence-electron chi connectivity index (χ3n) is 3.23. The van der Waals surface area contributed by atoms with Crippen LogP contribution in [0.5, 0.6) is 0 Å². The lowest BCUT2D eigenvalue weighted by molar-refractivity contribution is -0.277. The molecule has 0 bridgehead atoms. The molecular weight excluding hydrogens is 396 g/mol. The van der Waals surface area contributed by atoms with E-state index in [4.69, 9.17) is 11.5 Å². The van der Waals surface area contributed by atoms with Crippen LogP contribution in [0.4, 0.5) is 0 Å². The number of rotatable bonds is 0. The first-order valence-electron chi connectivity index (χ1n) is 7.02. The Bertz CT molecular complexity index is 572. The zero-order valence-electron chi connectivity index (χ0n) is 13.6. The second kappa shape index (κ2) is 9.38. The summed E-state index contributed by atoms with van der Waals surface area (Å²) in [5.41, 5.74) is 9.78. The molecule has 1 aliphatic rings. The van der Waals surface area contributed by atoms with Crippen LogP contribution in [0.3, 0.4) is 0 Å². The Balaban J connectivity index is 2.95. The monoisotopic (exact) mass is 414 g/mol. The first kappa shape index (κ1) is 22.5. The lowest BCUT2D eigenvalue weighted by Gasteiger charge is -2.27. The second-order valence-corrected chi connectivity index (χ2v) is 8.13. The minimum atomic E-state index is -2.48. The van der Waals surface area contributed by atoms with Crippen molar-refractivity contribution in [3.05, 3.63) is 0 Å². The highest BCUT2D eigenvalue weighted by Gasteiger charge is 2.41. The van der Waals surface area contributed by atoms with E-state index in [2.05, 4.69) is 19.6 Å². The van der Waals surface area contributed by atoms with Gasteiger partial charge in [0, 0.05) is 11.0 Å². The molecule has 1 rings (SSSR count). The Morgan fingerprint density at radius 1 is 1.00 bits per heavy atom. The molecule has 0 aromatic rings. The van der Waals surface area contributed by atoms with Crippen LogP contribution in [0.15, 0.2) is 0 Å². The quantitative estimate of drug-likeness (QED) is 0.240. The van der Waals surface area contributed by atoms with Crippen molar-refractivity contribution in [3.8, 4) is 0 Å². The molecule has 1 aliphatic heterocycles. The van der Waals surface area contributed by atoms with Gasteiger partial charge in [0.15, 0.2) is 12.2 Å². The molecule has 1 fully saturated rings. The van der Waals surface area contributed by atoms with E-state index in [1.165, 1.54) is 6.92 Å². The third kappa shape index (κ3) is 5.72. The van der Waals surface area contributed by atoms with Gasteiger partial charge in [-0.3, -0.25) is 0 Å². The maximum atomic E-state index is 12.0. The van der Waals surface area contributed by atoms with Crippen molar-refractivity contribution in [3.63, 3.8) is 0 Å². The van der Waals surface area contributed by atoms with Gasteiger partial charge in [0.1, 0.15) is 11.6 Å². The summed E-state index contributed by atoms with van der Waals surface area (Å²) in [6.45, 7) is 2.88. The maximum absolute atomic E-state index is 12.0. The van der Waals surface area contributed by atoms with Crippen LogP contribution in [0, 0.1) is 0 Å². The lowest BCUT2D eigenvalue weighted by Crippen LogP contribution is -2.53. The molecule has 14 heteroatoms. The van der Waals surface area contributed by atoms with Crippen LogP contribution in [0.25, 0.3) is 0 Å². The molecule has 1 heterocycles. The topological polar surface area (TPSA) is 198 Å². The summed E-state index contributed by atoms with van der Waals surface area (Å²) in [6.07, 6.45) is -4.96. The lowest BCUT2D eigenvalue weighted by atomic mass is 10.0. The minimum Gasteiger partial charge on any atom is -0.378 e. The molecule has 148 valence electrons. The van der Waals surface area contributed by atoms with Crippen LogP contribution in [0.1, 0.15) is 13.8 Å². The largest absolute Gasteiger partial charge is 0.387 e. The second-order valence-electron chi connectivity index (χ2n) is 5.38. The van der Waals surface area contributed by atoms with Crippen molar-refractivity contribution >= 4 is 45.5 Å². The van der Waals surface area contributed by atoms with Crippen LogP contribution < -0.4 is 11.5 Å². The Morgan fingerprint density at radius 2 is 1.46 bits per heavy atom. The molecule has 6 N–H and O–H groups in total. The fourth-order valence-corrected chi connectivity index (χ4v) is 3.97. The normalized spacial score (nSPS) is 35.8. The van der Waals surface area contributed by atoms with Crippen molar-refractivity contribution in [2.75, 3.05) is 5.75 Å². The number of nitrogens with two attached hydrogens (primary N) is 2. The van der Waals surface area contributed by atoms with Gasteiger partial charge in [-0.25, -0.2) is 38.7 Å². The van der Waals surface area contributed by atoms with Crippen molar-refractivity contribution < 1.29 is 48.9 Å². The number of carbonyl (C=O) groups is 4. The molecular formula is C12H18N2O10S2. The van der Waals surface area contributed by atoms with Gasteiger partial charge in [-0.05, 0) is 6.92 Å². The van der Waals surface area contributed by atoms with Gasteiger partial charge in [-0.15, -0.1) is 0 Å². The van der Waals surface area contributed by atoms with Crippen LogP contribution in [-0.2, 0) is 38.7 Å². The molecule has 26 heavy (non-hydrogen) atoms. The Labute approximate surface area is 155 Å². The zero-order chi connectivity index (χ0) is 20.1. The molecule has 0 aromatic carbocycles. The predicted molar refractivity (Wildman–Crippen MR) is 86.5 cm³/mol. The van der Waals surface area contributed by atoms with Gasteiger partial charge in [0.05, 0.1) is 0 Å². The highest BCUT2D eigenvalue weighted by Crippen LogP contribution is 2.33. The van der Waals surface area contributed by atoms with Gasteiger partial charge in [0.25, 0.3) is 0 Å². The molecule has 5 unspecified atom stereocenters. The predicted octanol–water partition coefficient (Wildman–Crippen LogP) is -2.46. The summed E-state index contributed by atoms with van der Waals surface area (Å²) in [6, 6.07) is -1.21. The van der Waals surface area contributed by atoms with E-state index in [1.807, 2.05) is 0 Å². The van der Waals surface area contributed by atoms with E-state index in [9.17, 15) is 29.4 Å². The highest BCUT2D eigenvalue weighted by molar-refractivity contribution is 8.77. The van der Waals surface area contributed by atoms with Crippen molar-refractivity contribution in [2.45, 2.75) is 42.9 Å². The van der Waals surface area contributed by atoms with E-state index >= 15 is 0 Å². The molecule has 0 amide bonds. The Hall–Kier alpha value is -1.58. The molecule has 1 saturated heterocycles. The average molecular weight is 414 g/mol. The van der Waals surface area contributed by atoms with Crippen LogP contribution >= 0.6 is 21.6 Å². The molecule has 12 nitrogen and oxygen atoms in total. The fraction of sp³-hybridized carbons (Fsp3) is 0.667. The number of hydrogen-bond donors (Lipinski definition) is 4. The van der Waals surface area contributed by atoms with E-state index in [1.54, 1.807) is 6.92 Å². The fourth-order valence-electron chi connectivity index (χ4n) is 1.22. The number of carbonyl (C=O) groups excluding carboxylic acids is 4. The summed E-state index contributed by atoms with van der Waals surface area (Å²) in [7, 11) is 2.18. The van der Waals surface area contributed by atoms with E-state index in [0.29, 0.717) is 0 Å². The smallest absolute Gasteiger partial charge is 0.378 e. The van der Waals surface area contributed by atoms with Crippen molar-refractivity contribution in [1.82, 2.24) is 0 Å². The summed E-state index contributed by atoms with van der Waals surface area (Å²) in [5, 5.41) is 18.4. The summed E-state index contributed by atoms with van der Waals surface area (Å²) in [4.78, 5) is 63.0. The molecule has 0 radical (unpaired) electrons. The van der Waals surface area contributed by atoms with Gasteiger partial charge in [-0.1, -0.05) is 28.5 Å². The third-order valence-corrected chi connectivity index (χ3v) is 6.33. The number of hydrogen-bond acceptors (Lipinski definition) is 14. The average Bonchev–Trinajstić information content (AvgIpc) is 2.60. The van der Waals surface area contributed by atoms with Gasteiger partial charge in [0.2, 0.25) is 0 Å². The van der Waals surface area contributed by atoms with Gasteiger partial charge in [-0.2, -0.15) is 0 Å². The minimum absolute atomic E-state index is 0.0106. The maximum Gasteiger partial charge on any atom is 0.387 e. The molecule has 0 saturated carbocycles. The van der Waals surface area contributed by atoms with Gasteiger partial charge < -0.3 is 21.7 Å². The van der Waals surface area contributed by atoms with E-state index in [0.717, 1.165) is 21.6 Å². The molecule has 0 spiro atoms. The van der Waals surface area contributed by atoms with Crippen molar-refractivity contribution in [2.24, 2.45) is 11.5 Å². The standard InChI is InChI=1S/C12H18N2O10S2/c1-4-12(2,14)11(20)24-23-10(19)7(16)6(15)9(18)22-21-8(17)5(13)3-25-26-4/h4-7,15-16H,3,13-14H2,1-2H3. The SMILES string of the molecule is CC1SSCC(N)C(=O)OOC(=O)C(O)C(O)C(=O)OOC(=O)C1(C)N. The van der Waals surface area contributed by atoms with Crippen molar-refractivity contribution in [1.29, 1.82) is 0 Å². The first-order valence-corrected chi connectivity index (χ1v) is 9.40. The van der Waals surface area contributed by atoms with E-state index < -0.39 is 52.9 Å². The Morgan fingerprint density at radius 3 is 2.00 bits per heavy atom. The highest BCUT2D eigenvalue weighted by atomic mass is 33.1. The molecule has 5 atom stereocenters. The zero-order valence-corrected chi connectivity index (χ0v) is 15.3. The summed E-state index contributed by atoms with van der Waals surface area (Å²) < 4.78 is 0. The number of aliphatic hydroxyl groups is 2. The Kier molecular flexibility index (Phi) is 8.11. The molecule has 0 aliphatic carbocycles. The summed E-state index contributed by atoms with van der Waals surface area (Å²) >= 11 is 0. The number of aliphatic hydroxyl groups excluding tert-OH is 2.